The minimum atomic E-state index is -0.574. The van der Waals surface area contributed by atoms with Crippen LogP contribution in [0.2, 0.25) is 5.02 Å². The van der Waals surface area contributed by atoms with Crippen LogP contribution in [0.15, 0.2) is 30.3 Å². The fourth-order valence-corrected chi connectivity index (χ4v) is 1.71. The van der Waals surface area contributed by atoms with Gasteiger partial charge in [-0.3, -0.25) is 0 Å². The van der Waals surface area contributed by atoms with Gasteiger partial charge < -0.3 is 11.1 Å². The predicted octanol–water partition coefficient (Wildman–Crippen LogP) is 4.25. The van der Waals surface area contributed by atoms with E-state index in [1.165, 1.54) is 12.1 Å². The van der Waals surface area contributed by atoms with Crippen LogP contribution in [0, 0.1) is 18.6 Å². The number of anilines is 3. The number of nitrogen functional groups attached to an aromatic ring is 1. The fraction of sp³-hybridized carbons (Fsp3) is 0.0769. The highest BCUT2D eigenvalue weighted by molar-refractivity contribution is 6.31. The lowest BCUT2D eigenvalue weighted by molar-refractivity contribution is 0.619. The van der Waals surface area contributed by atoms with E-state index in [2.05, 4.69) is 5.32 Å². The number of hydrogen-bond acceptors (Lipinski definition) is 2. The van der Waals surface area contributed by atoms with Gasteiger partial charge in [0.1, 0.15) is 11.6 Å². The third kappa shape index (κ3) is 2.54. The van der Waals surface area contributed by atoms with Gasteiger partial charge in [0, 0.05) is 11.8 Å². The maximum atomic E-state index is 13.1. The first-order valence-electron chi connectivity index (χ1n) is 5.25. The van der Waals surface area contributed by atoms with Crippen molar-refractivity contribution in [2.45, 2.75) is 6.92 Å². The number of hydrogen-bond donors (Lipinski definition) is 2. The molecule has 0 amide bonds. The molecule has 2 nitrogen and oxygen atoms in total. The Hall–Kier alpha value is -1.81. The Morgan fingerprint density at radius 2 is 1.83 bits per heavy atom. The van der Waals surface area contributed by atoms with E-state index in [1.807, 2.05) is 0 Å². The molecule has 0 fully saturated rings. The molecule has 0 bridgehead atoms. The first-order valence-corrected chi connectivity index (χ1v) is 5.63. The molecule has 0 saturated heterocycles. The lowest BCUT2D eigenvalue weighted by atomic mass is 10.2. The van der Waals surface area contributed by atoms with E-state index in [4.69, 9.17) is 17.3 Å². The van der Waals surface area contributed by atoms with Crippen molar-refractivity contribution in [3.8, 4) is 0 Å². The average Bonchev–Trinajstić information content (AvgIpc) is 2.31. The van der Waals surface area contributed by atoms with Gasteiger partial charge in [0.15, 0.2) is 0 Å². The maximum Gasteiger partial charge on any atom is 0.143 e. The fourth-order valence-electron chi connectivity index (χ4n) is 1.55. The topological polar surface area (TPSA) is 38.0 Å². The molecule has 5 heteroatoms. The van der Waals surface area contributed by atoms with Crippen LogP contribution in [-0.2, 0) is 0 Å². The minimum absolute atomic E-state index is 0.0227. The molecule has 0 spiro atoms. The number of rotatable bonds is 2. The normalized spacial score (nSPS) is 10.4. The van der Waals surface area contributed by atoms with Gasteiger partial charge in [-0.1, -0.05) is 11.6 Å². The second-order valence-electron chi connectivity index (χ2n) is 3.94. The molecule has 0 aliphatic rings. The van der Waals surface area contributed by atoms with Crippen LogP contribution >= 0.6 is 11.6 Å². The summed E-state index contributed by atoms with van der Waals surface area (Å²) >= 11 is 5.68. The molecule has 94 valence electrons. The molecule has 0 aliphatic heterocycles. The van der Waals surface area contributed by atoms with E-state index in [0.717, 1.165) is 6.07 Å². The molecule has 0 radical (unpaired) electrons. The Balaban J connectivity index is 2.34. The molecular formula is C13H11ClF2N2. The van der Waals surface area contributed by atoms with Gasteiger partial charge in [0.05, 0.1) is 16.4 Å². The van der Waals surface area contributed by atoms with E-state index < -0.39 is 5.82 Å². The van der Waals surface area contributed by atoms with Crippen LogP contribution in [-0.4, -0.2) is 0 Å². The zero-order chi connectivity index (χ0) is 13.3. The second-order valence-corrected chi connectivity index (χ2v) is 4.35. The molecular weight excluding hydrogens is 258 g/mol. The quantitative estimate of drug-likeness (QED) is 0.799. The van der Waals surface area contributed by atoms with Crippen molar-refractivity contribution in [1.82, 2.24) is 0 Å². The molecule has 0 atom stereocenters. The molecule has 2 aromatic rings. The maximum absolute atomic E-state index is 13.1. The standard InChI is InChI=1S/C13H11ClF2N2/c1-7-4-8(2-3-10(7)15)18-13-5-9(14)11(16)6-12(13)17/h2-6,18H,17H2,1H3. The average molecular weight is 269 g/mol. The first-order chi connectivity index (χ1) is 8.47. The first kappa shape index (κ1) is 12.6. The summed E-state index contributed by atoms with van der Waals surface area (Å²) in [7, 11) is 0. The Bertz CT molecular complexity index is 600. The van der Waals surface area contributed by atoms with Crippen LogP contribution < -0.4 is 11.1 Å². The molecule has 0 aromatic heterocycles. The van der Waals surface area contributed by atoms with Gasteiger partial charge >= 0.3 is 0 Å². The van der Waals surface area contributed by atoms with Crippen molar-refractivity contribution in [3.63, 3.8) is 0 Å². The Labute approximate surface area is 108 Å². The lowest BCUT2D eigenvalue weighted by Gasteiger charge is -2.11. The summed E-state index contributed by atoms with van der Waals surface area (Å²) in [4.78, 5) is 0. The third-order valence-corrected chi connectivity index (χ3v) is 2.82. The van der Waals surface area contributed by atoms with Crippen molar-refractivity contribution in [2.24, 2.45) is 0 Å². The van der Waals surface area contributed by atoms with Crippen molar-refractivity contribution < 1.29 is 8.78 Å². The van der Waals surface area contributed by atoms with Gasteiger partial charge in [-0.15, -0.1) is 0 Å². The van der Waals surface area contributed by atoms with Crippen LogP contribution in [0.1, 0.15) is 5.56 Å². The summed E-state index contributed by atoms with van der Waals surface area (Å²) < 4.78 is 26.2. The SMILES string of the molecule is Cc1cc(Nc2cc(Cl)c(F)cc2N)ccc1F. The third-order valence-electron chi connectivity index (χ3n) is 2.53. The van der Waals surface area contributed by atoms with Gasteiger partial charge in [0.25, 0.3) is 0 Å². The van der Waals surface area contributed by atoms with Gasteiger partial charge in [-0.2, -0.15) is 0 Å². The Morgan fingerprint density at radius 3 is 2.50 bits per heavy atom. The van der Waals surface area contributed by atoms with Crippen molar-refractivity contribution >= 4 is 28.7 Å². The second kappa shape index (κ2) is 4.82. The lowest BCUT2D eigenvalue weighted by Crippen LogP contribution is -1.98. The summed E-state index contributed by atoms with van der Waals surface area (Å²) in [5.74, 6) is -0.860. The number of aryl methyl sites for hydroxylation is 1. The monoisotopic (exact) mass is 268 g/mol. The number of nitrogens with one attached hydrogen (secondary N) is 1. The highest BCUT2D eigenvalue weighted by atomic mass is 35.5. The highest BCUT2D eigenvalue weighted by Gasteiger charge is 2.07. The largest absolute Gasteiger partial charge is 0.397 e. The van der Waals surface area contributed by atoms with Crippen molar-refractivity contribution in [3.05, 3.63) is 52.6 Å². The summed E-state index contributed by atoms with van der Waals surface area (Å²) in [6.07, 6.45) is 0. The Kier molecular flexibility index (Phi) is 3.39. The summed E-state index contributed by atoms with van der Waals surface area (Å²) in [5.41, 5.74) is 7.55. The van der Waals surface area contributed by atoms with Gasteiger partial charge in [0.2, 0.25) is 0 Å². The van der Waals surface area contributed by atoms with Gasteiger partial charge in [-0.05, 0) is 36.8 Å². The van der Waals surface area contributed by atoms with Crippen molar-refractivity contribution in [1.29, 1.82) is 0 Å². The molecule has 18 heavy (non-hydrogen) atoms. The van der Waals surface area contributed by atoms with E-state index in [0.29, 0.717) is 16.9 Å². The summed E-state index contributed by atoms with van der Waals surface area (Å²) in [5, 5.41) is 2.94. The van der Waals surface area contributed by atoms with Crippen LogP contribution in [0.25, 0.3) is 0 Å². The van der Waals surface area contributed by atoms with Gasteiger partial charge in [-0.25, -0.2) is 8.78 Å². The van der Waals surface area contributed by atoms with Crippen LogP contribution in [0.5, 0.6) is 0 Å². The molecule has 0 heterocycles. The van der Waals surface area contributed by atoms with E-state index in [-0.39, 0.29) is 16.5 Å². The zero-order valence-corrected chi connectivity index (χ0v) is 10.4. The van der Waals surface area contributed by atoms with Crippen LogP contribution in [0.4, 0.5) is 25.8 Å². The molecule has 0 aliphatic carbocycles. The Morgan fingerprint density at radius 1 is 1.11 bits per heavy atom. The van der Waals surface area contributed by atoms with E-state index >= 15 is 0 Å². The van der Waals surface area contributed by atoms with E-state index in [9.17, 15) is 8.78 Å². The van der Waals surface area contributed by atoms with E-state index in [1.54, 1.807) is 19.1 Å². The molecule has 0 saturated carbocycles. The highest BCUT2D eigenvalue weighted by Crippen LogP contribution is 2.29. The van der Waals surface area contributed by atoms with Crippen molar-refractivity contribution in [2.75, 3.05) is 11.1 Å². The zero-order valence-electron chi connectivity index (χ0n) is 9.60. The minimum Gasteiger partial charge on any atom is -0.397 e. The van der Waals surface area contributed by atoms with Crippen LogP contribution in [0.3, 0.4) is 0 Å². The molecule has 2 rings (SSSR count). The molecule has 2 aromatic carbocycles. The smallest absolute Gasteiger partial charge is 0.143 e. The predicted molar refractivity (Wildman–Crippen MR) is 70.2 cm³/mol. The number of nitrogens with two attached hydrogens (primary N) is 1. The molecule has 0 unspecified atom stereocenters. The number of benzene rings is 2. The summed E-state index contributed by atoms with van der Waals surface area (Å²) in [6.45, 7) is 1.65. The summed E-state index contributed by atoms with van der Waals surface area (Å²) in [6, 6.07) is 7.08. The number of halogens is 3. The molecule has 3 N–H and O–H groups in total.